The molecule has 0 N–H and O–H groups in total. The zero-order valence-electron chi connectivity index (χ0n) is 16.5. The molecule has 0 saturated carbocycles. The van der Waals surface area contributed by atoms with Crippen LogP contribution < -0.4 is 19.5 Å². The molecule has 0 aliphatic heterocycles. The summed E-state index contributed by atoms with van der Waals surface area (Å²) >= 11 is 10.0. The first-order valence-corrected chi connectivity index (χ1v) is 11.9. The van der Waals surface area contributed by atoms with Crippen LogP contribution in [0.4, 0.5) is 0 Å². The lowest BCUT2D eigenvalue weighted by atomic mass is 10.1. The van der Waals surface area contributed by atoms with Crippen molar-refractivity contribution in [3.8, 4) is 5.75 Å². The van der Waals surface area contributed by atoms with Crippen LogP contribution in [-0.2, 0) is 6.54 Å². The van der Waals surface area contributed by atoms with Gasteiger partial charge >= 0.3 is 0 Å². The molecule has 10 heteroatoms. The first-order chi connectivity index (χ1) is 15.0. The number of benzene rings is 1. The Morgan fingerprint density at radius 3 is 2.77 bits per heavy atom. The number of thiophene rings is 1. The van der Waals surface area contributed by atoms with Crippen LogP contribution in [0.2, 0.25) is 4.34 Å². The van der Waals surface area contributed by atoms with Gasteiger partial charge in [0.05, 0.1) is 23.8 Å². The quantitative estimate of drug-likeness (QED) is 0.388. The van der Waals surface area contributed by atoms with Crippen molar-refractivity contribution in [2.75, 3.05) is 7.11 Å². The van der Waals surface area contributed by atoms with E-state index in [9.17, 15) is 9.59 Å². The van der Waals surface area contributed by atoms with Crippen molar-refractivity contribution in [1.82, 2.24) is 14.2 Å². The molecule has 0 aliphatic rings. The number of ether oxygens (including phenoxy) is 1. The van der Waals surface area contributed by atoms with Gasteiger partial charge in [0.15, 0.2) is 5.78 Å². The van der Waals surface area contributed by atoms with Gasteiger partial charge in [-0.05, 0) is 42.1 Å². The predicted octanol–water partition coefficient (Wildman–Crippen LogP) is 3.33. The second kappa shape index (κ2) is 9.27. The summed E-state index contributed by atoms with van der Waals surface area (Å²) in [4.78, 5) is 27.2. The first kappa shape index (κ1) is 21.6. The lowest BCUT2D eigenvalue weighted by Crippen LogP contribution is -2.32. The van der Waals surface area contributed by atoms with Crippen molar-refractivity contribution in [2.24, 2.45) is 0 Å². The molecule has 4 aromatic rings. The summed E-state index contributed by atoms with van der Waals surface area (Å²) in [6.45, 7) is 2.13. The van der Waals surface area contributed by atoms with Gasteiger partial charge in [-0.1, -0.05) is 28.2 Å². The van der Waals surface area contributed by atoms with Gasteiger partial charge in [0.2, 0.25) is 0 Å². The third-order valence-electron chi connectivity index (χ3n) is 4.54. The maximum absolute atomic E-state index is 13.2. The topological polar surface area (TPSA) is 74.1 Å². The number of aromatic nitrogens is 3. The van der Waals surface area contributed by atoms with Crippen molar-refractivity contribution in [3.05, 3.63) is 81.3 Å². The molecule has 0 aliphatic carbocycles. The van der Waals surface area contributed by atoms with Crippen molar-refractivity contribution < 1.29 is 9.53 Å². The van der Waals surface area contributed by atoms with E-state index in [-0.39, 0.29) is 17.9 Å². The number of ketones is 1. The molecule has 158 valence electrons. The largest absolute Gasteiger partial charge is 0.496 e. The number of methoxy groups -OCH3 is 1. The number of Topliss-reactive ketones (excluding diaryl/α,β-unsaturated/α-hetero) is 1. The predicted molar refractivity (Wildman–Crippen MR) is 126 cm³/mol. The Labute approximate surface area is 194 Å². The van der Waals surface area contributed by atoms with E-state index in [0.29, 0.717) is 30.5 Å². The molecular weight excluding hydrogens is 474 g/mol. The van der Waals surface area contributed by atoms with Crippen LogP contribution in [-0.4, -0.2) is 27.0 Å². The Hall–Kier alpha value is -2.59. The Bertz CT molecular complexity index is 1430. The third kappa shape index (κ3) is 4.54. The molecule has 0 unspecified atom stereocenters. The van der Waals surface area contributed by atoms with Crippen LogP contribution in [0.25, 0.3) is 12.2 Å². The highest BCUT2D eigenvalue weighted by molar-refractivity contribution is 7.11. The van der Waals surface area contributed by atoms with Gasteiger partial charge in [0, 0.05) is 22.5 Å². The average Bonchev–Trinajstić information content (AvgIpc) is 3.44. The number of hydrogen-bond donors (Lipinski definition) is 0. The zero-order valence-corrected chi connectivity index (χ0v) is 19.7. The normalized spacial score (nSPS) is 12.5. The molecule has 3 heterocycles. The van der Waals surface area contributed by atoms with Gasteiger partial charge in [0.25, 0.3) is 5.56 Å². The van der Waals surface area contributed by atoms with E-state index in [4.69, 9.17) is 16.3 Å². The number of thiazole rings is 1. The zero-order chi connectivity index (χ0) is 22.0. The number of hydrogen-bond acceptors (Lipinski definition) is 8. The number of carbonyl (C=O) groups excluding carboxylic acids is 1. The number of aryl methyl sites for hydroxylation is 1. The van der Waals surface area contributed by atoms with Crippen LogP contribution in [0, 0.1) is 6.92 Å². The first-order valence-electron chi connectivity index (χ1n) is 9.09. The Kier molecular flexibility index (Phi) is 6.47. The smallest absolute Gasteiger partial charge is 0.269 e. The fourth-order valence-electron chi connectivity index (χ4n) is 2.92. The summed E-state index contributed by atoms with van der Waals surface area (Å²) in [5.74, 6) is 0.218. The number of nitrogens with zero attached hydrogens (tertiary/aromatic N) is 3. The molecule has 0 radical (unpaired) electrons. The number of carbonyl (C=O) groups is 1. The maximum Gasteiger partial charge on any atom is 0.269 e. The molecule has 0 spiro atoms. The SMILES string of the molecule is COc1ccccc1C(=O)/C=c1/s/c(=C/c2sccc2C)c(=O)n1Cc1nnsc1Cl. The second-order valence-corrected chi connectivity index (χ2v) is 9.88. The molecule has 0 bridgehead atoms. The molecule has 0 atom stereocenters. The van der Waals surface area contributed by atoms with E-state index in [1.807, 2.05) is 24.4 Å². The molecule has 1 aromatic carbocycles. The average molecular weight is 490 g/mol. The Balaban J connectivity index is 1.89. The summed E-state index contributed by atoms with van der Waals surface area (Å²) < 4.78 is 12.1. The van der Waals surface area contributed by atoms with Crippen LogP contribution in [0.5, 0.6) is 5.75 Å². The number of para-hydroxylation sites is 1. The Morgan fingerprint density at radius 2 is 2.10 bits per heavy atom. The van der Waals surface area contributed by atoms with Crippen molar-refractivity contribution in [2.45, 2.75) is 13.5 Å². The number of halogens is 1. The minimum Gasteiger partial charge on any atom is -0.496 e. The molecule has 31 heavy (non-hydrogen) atoms. The van der Waals surface area contributed by atoms with Crippen LogP contribution in [0.1, 0.15) is 26.5 Å². The lowest BCUT2D eigenvalue weighted by Gasteiger charge is -2.04. The maximum atomic E-state index is 13.2. The minimum absolute atomic E-state index is 0.132. The fourth-order valence-corrected chi connectivity index (χ4v) is 5.49. The molecule has 3 aromatic heterocycles. The van der Waals surface area contributed by atoms with E-state index in [1.165, 1.54) is 29.1 Å². The van der Waals surface area contributed by atoms with E-state index in [0.717, 1.165) is 22.0 Å². The van der Waals surface area contributed by atoms with E-state index >= 15 is 0 Å². The molecule has 6 nitrogen and oxygen atoms in total. The van der Waals surface area contributed by atoms with Crippen molar-refractivity contribution in [3.63, 3.8) is 0 Å². The molecule has 0 amide bonds. The van der Waals surface area contributed by atoms with Gasteiger partial charge in [-0.3, -0.25) is 14.2 Å². The van der Waals surface area contributed by atoms with Crippen LogP contribution >= 0.6 is 45.8 Å². The molecule has 0 saturated heterocycles. The molecule has 0 fully saturated rings. The number of rotatable bonds is 6. The standard InChI is InChI=1S/C21H16ClN3O3S3/c1-12-7-8-29-17(12)10-18-21(27)25(11-14-20(22)31-24-23-14)19(30-18)9-15(26)13-5-3-4-6-16(13)28-2/h3-10H,11H2,1-2H3/b18-10+,19-9+. The van der Waals surface area contributed by atoms with E-state index < -0.39 is 0 Å². The highest BCUT2D eigenvalue weighted by atomic mass is 35.5. The summed E-state index contributed by atoms with van der Waals surface area (Å²) in [6, 6.07) is 8.98. The minimum atomic E-state index is -0.256. The van der Waals surface area contributed by atoms with E-state index in [1.54, 1.807) is 35.6 Å². The van der Waals surface area contributed by atoms with Gasteiger partial charge in [-0.15, -0.1) is 27.8 Å². The lowest BCUT2D eigenvalue weighted by molar-refractivity contribution is 0.105. The summed E-state index contributed by atoms with van der Waals surface area (Å²) in [6.07, 6.45) is 3.31. The van der Waals surface area contributed by atoms with Gasteiger partial charge in [-0.25, -0.2) is 0 Å². The fraction of sp³-hybridized carbons (Fsp3) is 0.143. The van der Waals surface area contributed by atoms with Gasteiger partial charge in [-0.2, -0.15) is 0 Å². The summed E-state index contributed by atoms with van der Waals surface area (Å²) in [5.41, 5.74) is 1.79. The highest BCUT2D eigenvalue weighted by Crippen LogP contribution is 2.19. The highest BCUT2D eigenvalue weighted by Gasteiger charge is 2.14. The Morgan fingerprint density at radius 1 is 1.29 bits per heavy atom. The van der Waals surface area contributed by atoms with Gasteiger partial charge < -0.3 is 4.74 Å². The second-order valence-electron chi connectivity index (χ2n) is 6.51. The van der Waals surface area contributed by atoms with Crippen LogP contribution in [0.15, 0.2) is 40.5 Å². The van der Waals surface area contributed by atoms with Gasteiger partial charge in [0.1, 0.15) is 20.4 Å². The molecule has 4 rings (SSSR count). The summed E-state index contributed by atoms with van der Waals surface area (Å²) in [5, 5.41) is 5.99. The summed E-state index contributed by atoms with van der Waals surface area (Å²) in [7, 11) is 1.51. The van der Waals surface area contributed by atoms with E-state index in [2.05, 4.69) is 9.59 Å². The molecular formula is C21H16ClN3O3S3. The van der Waals surface area contributed by atoms with Crippen LogP contribution in [0.3, 0.4) is 0 Å². The third-order valence-corrected chi connectivity index (χ3v) is 7.55. The monoisotopic (exact) mass is 489 g/mol. The van der Waals surface area contributed by atoms with Crippen molar-refractivity contribution >= 4 is 63.7 Å². The van der Waals surface area contributed by atoms with Crippen molar-refractivity contribution in [1.29, 1.82) is 0 Å².